The van der Waals surface area contributed by atoms with Crippen molar-refractivity contribution < 1.29 is 13.3 Å². The predicted molar refractivity (Wildman–Crippen MR) is 129 cm³/mol. The van der Waals surface area contributed by atoms with Crippen LogP contribution in [0.4, 0.5) is 11.5 Å². The Balaban J connectivity index is 1.91. The smallest absolute Gasteiger partial charge is 0.269 e. The highest BCUT2D eigenvalue weighted by molar-refractivity contribution is 7.89. The molecule has 0 bridgehead atoms. The van der Waals surface area contributed by atoms with Crippen molar-refractivity contribution in [2.75, 3.05) is 36.8 Å². The first-order valence-corrected chi connectivity index (χ1v) is 13.1. The molecule has 1 aromatic carbocycles. The van der Waals surface area contributed by atoms with Crippen molar-refractivity contribution in [1.82, 2.24) is 14.3 Å². The van der Waals surface area contributed by atoms with E-state index in [1.807, 2.05) is 13.8 Å². The molecule has 3 rings (SSSR count). The van der Waals surface area contributed by atoms with Gasteiger partial charge in [-0.15, -0.1) is 0 Å². The van der Waals surface area contributed by atoms with Crippen LogP contribution in [-0.4, -0.2) is 59.5 Å². The Kier molecular flexibility index (Phi) is 8.01. The first-order valence-electron chi connectivity index (χ1n) is 11.5. The number of aromatic nitrogens is 2. The quantitative estimate of drug-likeness (QED) is 0.402. The lowest BCUT2D eigenvalue weighted by atomic mass is 10.0. The first-order chi connectivity index (χ1) is 15.7. The Morgan fingerprint density at radius 2 is 1.73 bits per heavy atom. The second-order valence-corrected chi connectivity index (χ2v) is 10.7. The summed E-state index contributed by atoms with van der Waals surface area (Å²) in [5.41, 5.74) is 2.85. The monoisotopic (exact) mass is 475 g/mol. The molecule has 1 aromatic heterocycles. The number of nitro benzene ring substituents is 1. The normalized spacial score (nSPS) is 16.1. The molecule has 1 aliphatic heterocycles. The number of sulfonamides is 1. The van der Waals surface area contributed by atoms with Crippen LogP contribution in [-0.2, 0) is 16.4 Å². The van der Waals surface area contributed by atoms with E-state index < -0.39 is 14.9 Å². The molecule has 1 atom stereocenters. The number of non-ortho nitro benzene ring substituents is 1. The zero-order valence-electron chi connectivity index (χ0n) is 19.8. The van der Waals surface area contributed by atoms with E-state index in [4.69, 9.17) is 9.97 Å². The first kappa shape index (κ1) is 25.0. The molecular weight excluding hydrogens is 442 g/mol. The molecule has 0 amide bonds. The average Bonchev–Trinajstić information content (AvgIpc) is 2.80. The van der Waals surface area contributed by atoms with Crippen molar-refractivity contribution >= 4 is 21.5 Å². The van der Waals surface area contributed by atoms with Gasteiger partial charge in [-0.3, -0.25) is 10.1 Å². The van der Waals surface area contributed by atoms with Crippen molar-refractivity contribution in [3.05, 3.63) is 57.0 Å². The van der Waals surface area contributed by atoms with Crippen LogP contribution in [0.1, 0.15) is 62.2 Å². The minimum atomic E-state index is -3.22. The van der Waals surface area contributed by atoms with E-state index in [2.05, 4.69) is 18.7 Å². The van der Waals surface area contributed by atoms with Gasteiger partial charge in [-0.25, -0.2) is 18.4 Å². The Bertz CT molecular complexity index is 1080. The lowest BCUT2D eigenvalue weighted by molar-refractivity contribution is -0.384. The average molecular weight is 476 g/mol. The van der Waals surface area contributed by atoms with Gasteiger partial charge >= 0.3 is 0 Å². The molecular formula is C23H33N5O4S. The third-order valence-corrected chi connectivity index (χ3v) is 8.26. The van der Waals surface area contributed by atoms with Crippen LogP contribution in [0.5, 0.6) is 0 Å². The number of hydrogen-bond donors (Lipinski definition) is 0. The van der Waals surface area contributed by atoms with Gasteiger partial charge in [-0.2, -0.15) is 4.31 Å². The van der Waals surface area contributed by atoms with Crippen LogP contribution >= 0.6 is 0 Å². The number of piperazine rings is 1. The number of nitro groups is 1. The molecule has 0 radical (unpaired) electrons. The zero-order chi connectivity index (χ0) is 24.2. The van der Waals surface area contributed by atoms with Gasteiger partial charge in [0.2, 0.25) is 10.0 Å². The molecule has 1 saturated heterocycles. The fourth-order valence-electron chi connectivity index (χ4n) is 3.98. The molecule has 0 unspecified atom stereocenters. The molecule has 0 spiro atoms. The number of aryl methyl sites for hydroxylation is 1. The van der Waals surface area contributed by atoms with E-state index in [9.17, 15) is 18.5 Å². The van der Waals surface area contributed by atoms with Crippen LogP contribution in [0.25, 0.3) is 0 Å². The molecule has 10 heteroatoms. The summed E-state index contributed by atoms with van der Waals surface area (Å²) in [6, 6.07) is 6.55. The van der Waals surface area contributed by atoms with Crippen LogP contribution in [0.15, 0.2) is 24.3 Å². The minimum absolute atomic E-state index is 0.0588. The van der Waals surface area contributed by atoms with Crippen molar-refractivity contribution in [2.45, 2.75) is 52.9 Å². The SMILES string of the molecule is CCCS(=O)(=O)N1CCN(c2nc([C@@H](C)CC)nc(C)c2Cc2ccc([N+](=O)[O-])cc2)CC1. The number of hydrogen-bond acceptors (Lipinski definition) is 7. The van der Waals surface area contributed by atoms with E-state index in [-0.39, 0.29) is 17.4 Å². The minimum Gasteiger partial charge on any atom is -0.354 e. The summed E-state index contributed by atoms with van der Waals surface area (Å²) in [4.78, 5) is 22.4. The molecule has 2 heterocycles. The Morgan fingerprint density at radius 3 is 2.27 bits per heavy atom. The Morgan fingerprint density at radius 1 is 1.09 bits per heavy atom. The molecule has 1 fully saturated rings. The number of benzene rings is 1. The summed E-state index contributed by atoms with van der Waals surface area (Å²) >= 11 is 0. The highest BCUT2D eigenvalue weighted by Gasteiger charge is 2.29. The van der Waals surface area contributed by atoms with E-state index in [1.54, 1.807) is 16.4 Å². The van der Waals surface area contributed by atoms with E-state index in [0.717, 1.165) is 34.9 Å². The third-order valence-electron chi connectivity index (χ3n) is 6.18. The van der Waals surface area contributed by atoms with Crippen molar-refractivity contribution in [2.24, 2.45) is 0 Å². The van der Waals surface area contributed by atoms with Gasteiger partial charge in [0.15, 0.2) is 0 Å². The zero-order valence-corrected chi connectivity index (χ0v) is 20.6. The Labute approximate surface area is 196 Å². The number of anilines is 1. The van der Waals surface area contributed by atoms with E-state index in [1.165, 1.54) is 12.1 Å². The van der Waals surface area contributed by atoms with Crippen LogP contribution in [0, 0.1) is 17.0 Å². The number of rotatable bonds is 9. The maximum absolute atomic E-state index is 12.5. The second-order valence-electron chi connectivity index (χ2n) is 8.58. The van der Waals surface area contributed by atoms with Gasteiger partial charge in [0.1, 0.15) is 11.6 Å². The standard InChI is InChI=1S/C23H33N5O4S/c1-5-15-33(31,32)27-13-11-26(12-14-27)23-21(18(4)24-22(25-23)17(3)6-2)16-19-7-9-20(10-8-19)28(29)30/h7-10,17H,5-6,11-16H2,1-4H3/t17-/m0/s1. The molecule has 1 aliphatic rings. The van der Waals surface area contributed by atoms with Gasteiger partial charge in [0, 0.05) is 61.9 Å². The molecule has 9 nitrogen and oxygen atoms in total. The maximum Gasteiger partial charge on any atom is 0.269 e. The van der Waals surface area contributed by atoms with Gasteiger partial charge in [0.05, 0.1) is 10.7 Å². The van der Waals surface area contributed by atoms with E-state index >= 15 is 0 Å². The molecule has 0 saturated carbocycles. The third kappa shape index (κ3) is 5.86. The number of nitrogens with zero attached hydrogens (tertiary/aromatic N) is 5. The highest BCUT2D eigenvalue weighted by Crippen LogP contribution is 2.28. The summed E-state index contributed by atoms with van der Waals surface area (Å²) in [6.45, 7) is 10.0. The molecule has 0 aliphatic carbocycles. The lowest BCUT2D eigenvalue weighted by Crippen LogP contribution is -2.49. The van der Waals surface area contributed by atoms with Gasteiger partial charge in [-0.1, -0.05) is 32.9 Å². The summed E-state index contributed by atoms with van der Waals surface area (Å²) < 4.78 is 26.5. The van der Waals surface area contributed by atoms with Crippen LogP contribution < -0.4 is 4.90 Å². The topological polar surface area (TPSA) is 110 Å². The summed E-state index contributed by atoms with van der Waals surface area (Å²) in [7, 11) is -3.22. The van der Waals surface area contributed by atoms with Crippen molar-refractivity contribution in [3.8, 4) is 0 Å². The summed E-state index contributed by atoms with van der Waals surface area (Å²) in [6.07, 6.45) is 2.07. The van der Waals surface area contributed by atoms with Crippen molar-refractivity contribution in [1.29, 1.82) is 0 Å². The maximum atomic E-state index is 12.5. The summed E-state index contributed by atoms with van der Waals surface area (Å²) in [5.74, 6) is 2.01. The van der Waals surface area contributed by atoms with Gasteiger partial charge in [-0.05, 0) is 25.3 Å². The van der Waals surface area contributed by atoms with Crippen LogP contribution in [0.3, 0.4) is 0 Å². The molecule has 33 heavy (non-hydrogen) atoms. The van der Waals surface area contributed by atoms with Gasteiger partial charge < -0.3 is 4.90 Å². The molecule has 2 aromatic rings. The summed E-state index contributed by atoms with van der Waals surface area (Å²) in [5, 5.41) is 11.0. The van der Waals surface area contributed by atoms with E-state index in [0.29, 0.717) is 39.0 Å². The van der Waals surface area contributed by atoms with Gasteiger partial charge in [0.25, 0.3) is 5.69 Å². The predicted octanol–water partition coefficient (Wildman–Crippen LogP) is 3.66. The highest BCUT2D eigenvalue weighted by atomic mass is 32.2. The lowest BCUT2D eigenvalue weighted by Gasteiger charge is -2.36. The van der Waals surface area contributed by atoms with Crippen LogP contribution in [0.2, 0.25) is 0 Å². The fraction of sp³-hybridized carbons (Fsp3) is 0.565. The molecule has 0 N–H and O–H groups in total. The van der Waals surface area contributed by atoms with Crippen molar-refractivity contribution in [3.63, 3.8) is 0 Å². The largest absolute Gasteiger partial charge is 0.354 e. The second kappa shape index (κ2) is 10.6. The Hall–Kier alpha value is -2.59. The fourth-order valence-corrected chi connectivity index (χ4v) is 5.47. The molecule has 180 valence electrons.